The van der Waals surface area contributed by atoms with Crippen LogP contribution in [-0.2, 0) is 6.42 Å². The summed E-state index contributed by atoms with van der Waals surface area (Å²) in [6.07, 6.45) is 1.47. The van der Waals surface area contributed by atoms with Gasteiger partial charge >= 0.3 is 0 Å². The van der Waals surface area contributed by atoms with Crippen LogP contribution in [0, 0.1) is 0 Å². The number of nitrogens with two attached hydrogens (primary N) is 3. The number of aromatic nitrogens is 2. The average molecular weight is 247 g/mol. The molecule has 1 aromatic heterocycles. The number of hydrogen-bond acceptors (Lipinski definition) is 5. The van der Waals surface area contributed by atoms with Crippen molar-refractivity contribution in [1.29, 1.82) is 0 Å². The van der Waals surface area contributed by atoms with Gasteiger partial charge in [0.1, 0.15) is 17.3 Å². The number of anilines is 2. The molecule has 0 unspecified atom stereocenters. The first-order valence-corrected chi connectivity index (χ1v) is 5.76. The summed E-state index contributed by atoms with van der Waals surface area (Å²) in [7, 11) is 0. The second kappa shape index (κ2) is 4.97. The standard InChI is InChI=1S/C12H17N5O/c13-7-3-4-8-11(14)16-17(12(8)15)9-5-1-2-6-10(9)18/h1-2,5-6,18H,3-4,7,13,15H2,(H2,14,16). The minimum Gasteiger partial charge on any atom is -0.506 e. The molecule has 0 radical (unpaired) electrons. The Kier molecular flexibility index (Phi) is 3.38. The first-order valence-electron chi connectivity index (χ1n) is 5.76. The summed E-state index contributed by atoms with van der Waals surface area (Å²) in [6.45, 7) is 0.570. The van der Waals surface area contributed by atoms with Gasteiger partial charge in [-0.2, -0.15) is 0 Å². The molecule has 96 valence electrons. The first-order chi connectivity index (χ1) is 8.65. The van der Waals surface area contributed by atoms with E-state index in [4.69, 9.17) is 17.2 Å². The van der Waals surface area contributed by atoms with Gasteiger partial charge in [-0.25, -0.2) is 4.68 Å². The third-order valence-corrected chi connectivity index (χ3v) is 2.80. The molecule has 0 bridgehead atoms. The second-order valence-electron chi connectivity index (χ2n) is 4.04. The molecule has 1 heterocycles. The van der Waals surface area contributed by atoms with E-state index < -0.39 is 0 Å². The van der Waals surface area contributed by atoms with Crippen molar-refractivity contribution in [2.75, 3.05) is 18.0 Å². The normalized spacial score (nSPS) is 10.7. The van der Waals surface area contributed by atoms with Gasteiger partial charge in [-0.1, -0.05) is 12.1 Å². The fourth-order valence-electron chi connectivity index (χ4n) is 1.84. The summed E-state index contributed by atoms with van der Waals surface area (Å²) in [4.78, 5) is 0. The second-order valence-corrected chi connectivity index (χ2v) is 4.04. The van der Waals surface area contributed by atoms with Crippen molar-refractivity contribution in [3.63, 3.8) is 0 Å². The molecule has 6 nitrogen and oxygen atoms in total. The topological polar surface area (TPSA) is 116 Å². The van der Waals surface area contributed by atoms with E-state index in [-0.39, 0.29) is 5.75 Å². The van der Waals surface area contributed by atoms with E-state index in [0.717, 1.165) is 12.0 Å². The number of nitrogen functional groups attached to an aromatic ring is 2. The Balaban J connectivity index is 2.44. The van der Waals surface area contributed by atoms with E-state index in [1.165, 1.54) is 4.68 Å². The van der Waals surface area contributed by atoms with Gasteiger partial charge in [0.05, 0.1) is 0 Å². The molecular formula is C12H17N5O. The fraction of sp³-hybridized carbons (Fsp3) is 0.250. The smallest absolute Gasteiger partial charge is 0.151 e. The Morgan fingerprint density at radius 3 is 2.61 bits per heavy atom. The van der Waals surface area contributed by atoms with Crippen LogP contribution in [0.2, 0.25) is 0 Å². The highest BCUT2D eigenvalue weighted by atomic mass is 16.3. The monoisotopic (exact) mass is 247 g/mol. The molecule has 0 saturated carbocycles. The van der Waals surface area contributed by atoms with E-state index >= 15 is 0 Å². The van der Waals surface area contributed by atoms with Gasteiger partial charge in [-0.15, -0.1) is 5.10 Å². The SMILES string of the molecule is NCCCc1c(N)nn(-c2ccccc2O)c1N. The maximum Gasteiger partial charge on any atom is 0.151 e. The predicted octanol–water partition coefficient (Wildman–Crippen LogP) is 0.634. The molecule has 0 aliphatic heterocycles. The van der Waals surface area contributed by atoms with Crippen LogP contribution in [0.25, 0.3) is 5.69 Å². The average Bonchev–Trinajstić information content (AvgIpc) is 2.63. The number of nitrogens with zero attached hydrogens (tertiary/aromatic N) is 2. The minimum atomic E-state index is 0.108. The van der Waals surface area contributed by atoms with Crippen LogP contribution in [0.1, 0.15) is 12.0 Å². The van der Waals surface area contributed by atoms with E-state index in [2.05, 4.69) is 5.10 Å². The summed E-state index contributed by atoms with van der Waals surface area (Å²) in [6, 6.07) is 6.83. The molecule has 0 spiro atoms. The van der Waals surface area contributed by atoms with Crippen molar-refractivity contribution in [2.45, 2.75) is 12.8 Å². The zero-order valence-corrected chi connectivity index (χ0v) is 10.0. The van der Waals surface area contributed by atoms with Crippen LogP contribution < -0.4 is 17.2 Å². The van der Waals surface area contributed by atoms with E-state index in [1.807, 2.05) is 0 Å². The molecule has 6 heteroatoms. The Bertz CT molecular complexity index is 549. The van der Waals surface area contributed by atoms with Gasteiger partial charge in [0.15, 0.2) is 5.82 Å². The molecule has 0 saturated heterocycles. The molecule has 0 amide bonds. The molecule has 7 N–H and O–H groups in total. The number of aromatic hydroxyl groups is 1. The summed E-state index contributed by atoms with van der Waals surface area (Å²) < 4.78 is 1.45. The quantitative estimate of drug-likeness (QED) is 0.632. The van der Waals surface area contributed by atoms with Crippen molar-refractivity contribution < 1.29 is 5.11 Å². The third kappa shape index (κ3) is 2.10. The maximum absolute atomic E-state index is 9.79. The molecule has 2 aromatic rings. The van der Waals surface area contributed by atoms with Crippen LogP contribution in [0.3, 0.4) is 0 Å². The van der Waals surface area contributed by atoms with Gasteiger partial charge in [0, 0.05) is 5.56 Å². The first kappa shape index (κ1) is 12.3. The van der Waals surface area contributed by atoms with Crippen molar-refractivity contribution in [3.8, 4) is 11.4 Å². The van der Waals surface area contributed by atoms with Crippen molar-refractivity contribution >= 4 is 11.6 Å². The Labute approximate surface area is 105 Å². The van der Waals surface area contributed by atoms with Gasteiger partial charge < -0.3 is 22.3 Å². The maximum atomic E-state index is 9.79. The third-order valence-electron chi connectivity index (χ3n) is 2.80. The Morgan fingerprint density at radius 1 is 1.22 bits per heavy atom. The highest BCUT2D eigenvalue weighted by molar-refractivity contribution is 5.60. The van der Waals surface area contributed by atoms with Crippen molar-refractivity contribution in [1.82, 2.24) is 9.78 Å². The van der Waals surface area contributed by atoms with E-state index in [9.17, 15) is 5.11 Å². The molecule has 0 aliphatic rings. The number of hydrogen-bond donors (Lipinski definition) is 4. The van der Waals surface area contributed by atoms with Gasteiger partial charge in [-0.3, -0.25) is 0 Å². The van der Waals surface area contributed by atoms with Crippen LogP contribution in [0.4, 0.5) is 11.6 Å². The van der Waals surface area contributed by atoms with Crippen LogP contribution in [0.15, 0.2) is 24.3 Å². The lowest BCUT2D eigenvalue weighted by atomic mass is 10.1. The lowest BCUT2D eigenvalue weighted by molar-refractivity contribution is 0.471. The minimum absolute atomic E-state index is 0.108. The highest BCUT2D eigenvalue weighted by Gasteiger charge is 2.15. The number of benzene rings is 1. The van der Waals surface area contributed by atoms with Gasteiger partial charge in [-0.05, 0) is 31.5 Å². The molecule has 18 heavy (non-hydrogen) atoms. The predicted molar refractivity (Wildman–Crippen MR) is 71.4 cm³/mol. The van der Waals surface area contributed by atoms with Gasteiger partial charge in [0.25, 0.3) is 0 Å². The molecule has 0 atom stereocenters. The summed E-state index contributed by atoms with van der Waals surface area (Å²) >= 11 is 0. The van der Waals surface area contributed by atoms with E-state index in [0.29, 0.717) is 30.3 Å². The lowest BCUT2D eigenvalue weighted by Gasteiger charge is -2.06. The zero-order chi connectivity index (χ0) is 13.1. The summed E-state index contributed by atoms with van der Waals surface area (Å²) in [5, 5.41) is 14.0. The highest BCUT2D eigenvalue weighted by Crippen LogP contribution is 2.28. The Hall–Kier alpha value is -2.21. The fourth-order valence-corrected chi connectivity index (χ4v) is 1.84. The number of phenolic OH excluding ortho intramolecular Hbond substituents is 1. The molecule has 1 aromatic carbocycles. The summed E-state index contributed by atoms with van der Waals surface area (Å²) in [5.41, 5.74) is 18.6. The summed E-state index contributed by atoms with van der Waals surface area (Å²) in [5.74, 6) is 0.934. The number of rotatable bonds is 4. The van der Waals surface area contributed by atoms with Crippen molar-refractivity contribution in [3.05, 3.63) is 29.8 Å². The zero-order valence-electron chi connectivity index (χ0n) is 10.0. The largest absolute Gasteiger partial charge is 0.506 e. The van der Waals surface area contributed by atoms with Crippen LogP contribution >= 0.6 is 0 Å². The molecular weight excluding hydrogens is 230 g/mol. The van der Waals surface area contributed by atoms with E-state index in [1.54, 1.807) is 24.3 Å². The molecule has 0 aliphatic carbocycles. The number of para-hydroxylation sites is 2. The van der Waals surface area contributed by atoms with Crippen LogP contribution in [0.5, 0.6) is 5.75 Å². The van der Waals surface area contributed by atoms with Crippen LogP contribution in [-0.4, -0.2) is 21.4 Å². The molecule has 0 fully saturated rings. The van der Waals surface area contributed by atoms with Gasteiger partial charge in [0.2, 0.25) is 0 Å². The molecule has 2 rings (SSSR count). The number of phenols is 1. The lowest BCUT2D eigenvalue weighted by Crippen LogP contribution is -2.05. The Morgan fingerprint density at radius 2 is 1.94 bits per heavy atom. The van der Waals surface area contributed by atoms with Crippen molar-refractivity contribution in [2.24, 2.45) is 5.73 Å².